The van der Waals surface area contributed by atoms with Crippen LogP contribution >= 0.6 is 0 Å². The lowest BCUT2D eigenvalue weighted by atomic mass is 9.39. The minimum Gasteiger partial charge on any atom is -0.324 e. The van der Waals surface area contributed by atoms with Crippen molar-refractivity contribution in [1.82, 2.24) is 0 Å². The smallest absolute Gasteiger partial charge is 0.0257 e. The largest absolute Gasteiger partial charge is 0.324 e. The molecule has 1 heteroatoms. The zero-order valence-corrected chi connectivity index (χ0v) is 10.8. The fraction of sp³-hybridized carbons (Fsp3) is 0.875. The van der Waals surface area contributed by atoms with Crippen LogP contribution in [0.15, 0.2) is 12.2 Å². The third-order valence-electron chi connectivity index (χ3n) is 7.62. The van der Waals surface area contributed by atoms with E-state index >= 15 is 0 Å². The van der Waals surface area contributed by atoms with Gasteiger partial charge in [-0.05, 0) is 66.1 Å². The third-order valence-corrected chi connectivity index (χ3v) is 7.62. The summed E-state index contributed by atoms with van der Waals surface area (Å²) in [7, 11) is 0. The van der Waals surface area contributed by atoms with Gasteiger partial charge in [-0.3, -0.25) is 0 Å². The van der Waals surface area contributed by atoms with Crippen molar-refractivity contribution in [3.8, 4) is 0 Å². The summed E-state index contributed by atoms with van der Waals surface area (Å²) in [5, 5.41) is 0. The van der Waals surface area contributed by atoms with Gasteiger partial charge >= 0.3 is 0 Å². The summed E-state index contributed by atoms with van der Waals surface area (Å²) in [6.07, 6.45) is 7.98. The van der Waals surface area contributed by atoms with Gasteiger partial charge in [0.25, 0.3) is 0 Å². The average Bonchev–Trinajstić information content (AvgIpc) is 2.57. The molecule has 5 rings (SSSR count). The lowest BCUT2D eigenvalue weighted by molar-refractivity contribution is -0.163. The summed E-state index contributed by atoms with van der Waals surface area (Å²) in [5.41, 5.74) is 7.18. The first-order chi connectivity index (χ1) is 8.15. The van der Waals surface area contributed by atoms with Gasteiger partial charge in [0.1, 0.15) is 0 Å². The topological polar surface area (TPSA) is 26.0 Å². The Kier molecular flexibility index (Phi) is 1.42. The molecule has 17 heavy (non-hydrogen) atoms. The maximum absolute atomic E-state index is 6.88. The van der Waals surface area contributed by atoms with Gasteiger partial charge in [0.15, 0.2) is 0 Å². The average molecular weight is 229 g/mol. The molecular formula is C16H23N. The van der Waals surface area contributed by atoms with Crippen molar-refractivity contribution in [3.05, 3.63) is 12.2 Å². The maximum atomic E-state index is 6.88. The van der Waals surface area contributed by atoms with E-state index in [4.69, 9.17) is 5.73 Å². The van der Waals surface area contributed by atoms with Gasteiger partial charge < -0.3 is 5.73 Å². The Labute approximate surface area is 104 Å². The molecule has 0 aliphatic heterocycles. The highest BCUT2D eigenvalue weighted by Crippen LogP contribution is 2.82. The van der Waals surface area contributed by atoms with Gasteiger partial charge in [-0.1, -0.05) is 26.0 Å². The Morgan fingerprint density at radius 2 is 1.35 bits per heavy atom. The molecule has 4 fully saturated rings. The van der Waals surface area contributed by atoms with Crippen molar-refractivity contribution in [2.24, 2.45) is 59.0 Å². The van der Waals surface area contributed by atoms with Crippen LogP contribution in [0.1, 0.15) is 26.7 Å². The minimum absolute atomic E-state index is 0.301. The zero-order chi connectivity index (χ0) is 11.5. The monoisotopic (exact) mass is 229 g/mol. The van der Waals surface area contributed by atoms with Crippen molar-refractivity contribution in [2.75, 3.05) is 0 Å². The summed E-state index contributed by atoms with van der Waals surface area (Å²) in [5.74, 6) is 8.21. The molecule has 0 amide bonds. The van der Waals surface area contributed by atoms with Gasteiger partial charge in [0.2, 0.25) is 0 Å². The first-order valence-electron chi connectivity index (χ1n) is 7.63. The van der Waals surface area contributed by atoms with Crippen LogP contribution in [0.4, 0.5) is 0 Å². The molecule has 5 aliphatic carbocycles. The molecule has 0 aromatic carbocycles. The quantitative estimate of drug-likeness (QED) is 0.635. The van der Waals surface area contributed by atoms with Crippen LogP contribution < -0.4 is 5.73 Å². The molecular weight excluding hydrogens is 206 g/mol. The lowest BCUT2D eigenvalue weighted by Crippen LogP contribution is -2.78. The van der Waals surface area contributed by atoms with Gasteiger partial charge in [-0.2, -0.15) is 0 Å². The molecule has 0 saturated heterocycles. The SMILES string of the molecule is CC1C=CC(C)C2C1C1C3CCC4C3C1(N)C42. The molecule has 8 unspecified atom stereocenters. The molecule has 0 spiro atoms. The van der Waals surface area contributed by atoms with Crippen LogP contribution in [0.2, 0.25) is 0 Å². The van der Waals surface area contributed by atoms with E-state index in [0.717, 1.165) is 53.3 Å². The Morgan fingerprint density at radius 3 is 1.82 bits per heavy atom. The van der Waals surface area contributed by atoms with Crippen LogP contribution in [-0.4, -0.2) is 5.54 Å². The molecule has 0 radical (unpaired) electrons. The summed E-state index contributed by atoms with van der Waals surface area (Å²) in [6, 6.07) is 0. The normalized spacial score (nSPS) is 73.7. The summed E-state index contributed by atoms with van der Waals surface area (Å²) in [6.45, 7) is 4.88. The van der Waals surface area contributed by atoms with Crippen molar-refractivity contribution >= 4 is 0 Å². The van der Waals surface area contributed by atoms with E-state index < -0.39 is 0 Å². The standard InChI is InChI=1S/C16H23N/c1-7-3-4-8(2)12-11(7)14-9-5-6-10-13(9)16(14,17)15(10)12/h3-4,7-15H,5-6,17H2,1-2H3. The molecule has 5 aliphatic rings. The van der Waals surface area contributed by atoms with E-state index in [9.17, 15) is 0 Å². The van der Waals surface area contributed by atoms with E-state index in [0.29, 0.717) is 5.54 Å². The first-order valence-corrected chi connectivity index (χ1v) is 7.63. The molecule has 2 N–H and O–H groups in total. The predicted molar refractivity (Wildman–Crippen MR) is 68.1 cm³/mol. The number of nitrogens with two attached hydrogens (primary N) is 1. The Morgan fingerprint density at radius 1 is 0.882 bits per heavy atom. The second-order valence-corrected chi connectivity index (χ2v) is 7.74. The van der Waals surface area contributed by atoms with Crippen LogP contribution in [0.3, 0.4) is 0 Å². The molecule has 0 bridgehead atoms. The third kappa shape index (κ3) is 0.726. The number of fused-ring (bicyclic) bond motifs is 5. The molecule has 4 saturated carbocycles. The second kappa shape index (κ2) is 2.52. The summed E-state index contributed by atoms with van der Waals surface area (Å²) >= 11 is 0. The predicted octanol–water partition coefficient (Wildman–Crippen LogP) is 2.67. The number of hydrogen-bond donors (Lipinski definition) is 1. The van der Waals surface area contributed by atoms with E-state index in [1.54, 1.807) is 0 Å². The Balaban J connectivity index is 1.67. The Bertz CT molecular complexity index is 391. The van der Waals surface area contributed by atoms with Crippen LogP contribution in [0.5, 0.6) is 0 Å². The molecule has 0 aromatic heterocycles. The highest BCUT2D eigenvalue weighted by Gasteiger charge is 2.84. The summed E-state index contributed by atoms with van der Waals surface area (Å²) < 4.78 is 0. The molecule has 92 valence electrons. The van der Waals surface area contributed by atoms with Crippen LogP contribution in [0.25, 0.3) is 0 Å². The van der Waals surface area contributed by atoms with E-state index in [1.165, 1.54) is 12.8 Å². The number of rotatable bonds is 0. The first kappa shape index (κ1) is 9.61. The van der Waals surface area contributed by atoms with Crippen LogP contribution in [0, 0.1) is 53.3 Å². The second-order valence-electron chi connectivity index (χ2n) is 7.74. The molecule has 0 heterocycles. The highest BCUT2D eigenvalue weighted by molar-refractivity contribution is 5.37. The summed E-state index contributed by atoms with van der Waals surface area (Å²) in [4.78, 5) is 0. The Hall–Kier alpha value is -0.300. The number of hydrogen-bond acceptors (Lipinski definition) is 1. The molecule has 8 atom stereocenters. The lowest BCUT2D eigenvalue weighted by Gasteiger charge is -2.68. The minimum atomic E-state index is 0.301. The van der Waals surface area contributed by atoms with E-state index in [1.807, 2.05) is 0 Å². The van der Waals surface area contributed by atoms with Gasteiger partial charge in [0.05, 0.1) is 0 Å². The maximum Gasteiger partial charge on any atom is 0.0257 e. The van der Waals surface area contributed by atoms with Gasteiger partial charge in [-0.25, -0.2) is 0 Å². The fourth-order valence-electron chi connectivity index (χ4n) is 7.46. The fourth-order valence-corrected chi connectivity index (χ4v) is 7.46. The molecule has 0 aromatic rings. The molecule has 1 nitrogen and oxygen atoms in total. The van der Waals surface area contributed by atoms with Gasteiger partial charge in [-0.15, -0.1) is 0 Å². The van der Waals surface area contributed by atoms with E-state index in [-0.39, 0.29) is 0 Å². The van der Waals surface area contributed by atoms with Crippen molar-refractivity contribution in [2.45, 2.75) is 32.2 Å². The number of allylic oxidation sites excluding steroid dienone is 2. The highest BCUT2D eigenvalue weighted by atomic mass is 15.0. The zero-order valence-electron chi connectivity index (χ0n) is 10.8. The van der Waals surface area contributed by atoms with Crippen molar-refractivity contribution in [1.29, 1.82) is 0 Å². The van der Waals surface area contributed by atoms with E-state index in [2.05, 4.69) is 26.0 Å². The van der Waals surface area contributed by atoms with Crippen LogP contribution in [-0.2, 0) is 0 Å². The van der Waals surface area contributed by atoms with Crippen molar-refractivity contribution < 1.29 is 0 Å². The van der Waals surface area contributed by atoms with Gasteiger partial charge in [0, 0.05) is 5.54 Å². The van der Waals surface area contributed by atoms with Crippen molar-refractivity contribution in [3.63, 3.8) is 0 Å².